The van der Waals surface area contributed by atoms with E-state index >= 15 is 0 Å². The Labute approximate surface area is 109 Å². The maximum absolute atomic E-state index is 13.1. The summed E-state index contributed by atoms with van der Waals surface area (Å²) in [6.45, 7) is 0.376. The van der Waals surface area contributed by atoms with E-state index in [0.717, 1.165) is 17.0 Å². The molecule has 0 unspecified atom stereocenters. The smallest absolute Gasteiger partial charge is 0.248 e. The van der Waals surface area contributed by atoms with Crippen LogP contribution in [0.3, 0.4) is 0 Å². The number of aromatic nitrogens is 2. The monoisotopic (exact) mass is 267 g/mol. The number of hydrogen-bond donors (Lipinski definition) is 0. The summed E-state index contributed by atoms with van der Waals surface area (Å²) in [5.74, 6) is -1.99. The lowest BCUT2D eigenvalue weighted by atomic mass is 9.90. The van der Waals surface area contributed by atoms with E-state index in [2.05, 4.69) is 10.1 Å². The van der Waals surface area contributed by atoms with E-state index in [1.54, 1.807) is 10.9 Å². The van der Waals surface area contributed by atoms with Crippen LogP contribution in [0.4, 0.5) is 8.78 Å². The minimum Gasteiger partial charge on any atom is -0.470 e. The molecular formula is C13H15F2N3O. The first-order valence-corrected chi connectivity index (χ1v) is 6.34. The van der Waals surface area contributed by atoms with Gasteiger partial charge in [0.1, 0.15) is 12.3 Å². The summed E-state index contributed by atoms with van der Waals surface area (Å²) in [5.41, 5.74) is 2.62. The molecule has 1 aliphatic heterocycles. The maximum Gasteiger partial charge on any atom is 0.248 e. The molecule has 1 saturated carbocycles. The average molecular weight is 267 g/mol. The van der Waals surface area contributed by atoms with Crippen LogP contribution in [0, 0.1) is 0 Å². The van der Waals surface area contributed by atoms with Crippen LogP contribution < -0.4 is 0 Å². The molecule has 2 aliphatic rings. The molecule has 2 heterocycles. The Morgan fingerprint density at radius 2 is 2.05 bits per heavy atom. The second-order valence-electron chi connectivity index (χ2n) is 4.95. The molecule has 0 amide bonds. The van der Waals surface area contributed by atoms with E-state index in [1.807, 2.05) is 13.1 Å². The number of aliphatic imine (C=N–C) groups is 1. The lowest BCUT2D eigenvalue weighted by molar-refractivity contribution is -0.0248. The highest BCUT2D eigenvalue weighted by atomic mass is 19.3. The van der Waals surface area contributed by atoms with Gasteiger partial charge in [0, 0.05) is 26.1 Å². The summed E-state index contributed by atoms with van der Waals surface area (Å²) in [4.78, 5) is 4.43. The van der Waals surface area contributed by atoms with Crippen LogP contribution in [0.15, 0.2) is 28.5 Å². The summed E-state index contributed by atoms with van der Waals surface area (Å²) >= 11 is 0. The fourth-order valence-corrected chi connectivity index (χ4v) is 2.43. The number of aryl methyl sites for hydroxylation is 1. The van der Waals surface area contributed by atoms with E-state index in [9.17, 15) is 8.78 Å². The molecule has 0 radical (unpaired) electrons. The van der Waals surface area contributed by atoms with E-state index < -0.39 is 5.92 Å². The molecule has 6 heteroatoms. The summed E-state index contributed by atoms with van der Waals surface area (Å²) in [6.07, 6.45) is 2.33. The standard InChI is InChI=1S/C13H15F2N3O/c1-18-11(4-7-16-18)12-17-10(8-19-12)9-2-5-13(14,15)6-3-9/h4,7H,2-3,5-6,8H2,1H3. The normalized spacial score (nSPS) is 22.4. The molecule has 1 aliphatic carbocycles. The molecule has 0 spiro atoms. The number of alkyl halides is 2. The van der Waals surface area contributed by atoms with Gasteiger partial charge < -0.3 is 4.74 Å². The molecule has 0 saturated heterocycles. The molecular weight excluding hydrogens is 252 g/mol. The zero-order valence-corrected chi connectivity index (χ0v) is 10.7. The molecule has 4 nitrogen and oxygen atoms in total. The predicted molar refractivity (Wildman–Crippen MR) is 66.1 cm³/mol. The Hall–Kier alpha value is -1.72. The van der Waals surface area contributed by atoms with Crippen molar-refractivity contribution < 1.29 is 13.5 Å². The van der Waals surface area contributed by atoms with Crippen molar-refractivity contribution in [2.24, 2.45) is 12.0 Å². The van der Waals surface area contributed by atoms with Crippen molar-refractivity contribution in [3.8, 4) is 0 Å². The Balaban J connectivity index is 1.82. The van der Waals surface area contributed by atoms with Crippen molar-refractivity contribution in [1.29, 1.82) is 0 Å². The number of ether oxygens (including phenoxy) is 1. The van der Waals surface area contributed by atoms with Crippen molar-refractivity contribution in [3.63, 3.8) is 0 Å². The summed E-state index contributed by atoms with van der Waals surface area (Å²) in [6, 6.07) is 1.82. The van der Waals surface area contributed by atoms with Gasteiger partial charge in [-0.15, -0.1) is 0 Å². The van der Waals surface area contributed by atoms with Crippen LogP contribution in [-0.4, -0.2) is 28.2 Å². The van der Waals surface area contributed by atoms with Gasteiger partial charge in [-0.1, -0.05) is 0 Å². The van der Waals surface area contributed by atoms with Crippen molar-refractivity contribution in [1.82, 2.24) is 9.78 Å². The summed E-state index contributed by atoms with van der Waals surface area (Å²) in [7, 11) is 1.81. The van der Waals surface area contributed by atoms with E-state index in [-0.39, 0.29) is 12.8 Å². The average Bonchev–Trinajstić information content (AvgIpc) is 2.97. The Bertz CT molecular complexity index is 548. The van der Waals surface area contributed by atoms with Crippen LogP contribution >= 0.6 is 0 Å². The fraction of sp³-hybridized carbons (Fsp3) is 0.538. The van der Waals surface area contributed by atoms with Gasteiger partial charge in [0.25, 0.3) is 0 Å². The molecule has 0 aromatic carbocycles. The van der Waals surface area contributed by atoms with Gasteiger partial charge >= 0.3 is 0 Å². The Morgan fingerprint density at radius 3 is 2.68 bits per heavy atom. The van der Waals surface area contributed by atoms with Crippen molar-refractivity contribution >= 4 is 5.90 Å². The fourth-order valence-electron chi connectivity index (χ4n) is 2.43. The third-order valence-electron chi connectivity index (χ3n) is 3.62. The van der Waals surface area contributed by atoms with Gasteiger partial charge in [0.2, 0.25) is 11.8 Å². The molecule has 0 bridgehead atoms. The third-order valence-corrected chi connectivity index (χ3v) is 3.62. The van der Waals surface area contributed by atoms with E-state index in [4.69, 9.17) is 4.74 Å². The second kappa shape index (κ2) is 4.43. The van der Waals surface area contributed by atoms with E-state index in [1.165, 1.54) is 0 Å². The molecule has 1 aromatic rings. The first-order chi connectivity index (χ1) is 9.05. The largest absolute Gasteiger partial charge is 0.470 e. The Morgan fingerprint density at radius 1 is 1.32 bits per heavy atom. The van der Waals surface area contributed by atoms with Crippen molar-refractivity contribution in [3.05, 3.63) is 29.2 Å². The highest BCUT2D eigenvalue weighted by Gasteiger charge is 2.34. The number of nitrogens with zero attached hydrogens (tertiary/aromatic N) is 3. The van der Waals surface area contributed by atoms with Gasteiger partial charge in [-0.3, -0.25) is 4.68 Å². The summed E-state index contributed by atoms with van der Waals surface area (Å²) < 4.78 is 33.5. The molecule has 3 rings (SSSR count). The van der Waals surface area contributed by atoms with E-state index in [0.29, 0.717) is 25.3 Å². The topological polar surface area (TPSA) is 39.4 Å². The van der Waals surface area contributed by atoms with Crippen LogP contribution in [0.25, 0.3) is 0 Å². The highest BCUT2D eigenvalue weighted by molar-refractivity contribution is 5.94. The third kappa shape index (κ3) is 2.39. The maximum atomic E-state index is 13.1. The van der Waals surface area contributed by atoms with Gasteiger partial charge in [-0.25, -0.2) is 13.8 Å². The highest BCUT2D eigenvalue weighted by Crippen LogP contribution is 2.38. The lowest BCUT2D eigenvalue weighted by Gasteiger charge is -2.23. The predicted octanol–water partition coefficient (Wildman–Crippen LogP) is 2.66. The Kier molecular flexibility index (Phi) is 2.88. The van der Waals surface area contributed by atoms with Crippen molar-refractivity contribution in [2.75, 3.05) is 6.61 Å². The van der Waals surface area contributed by atoms with Gasteiger partial charge in [0.05, 0.1) is 5.70 Å². The number of allylic oxidation sites excluding steroid dienone is 1. The number of rotatable bonds is 1. The van der Waals surface area contributed by atoms with Crippen LogP contribution in [0.2, 0.25) is 0 Å². The zero-order valence-electron chi connectivity index (χ0n) is 10.7. The molecule has 102 valence electrons. The number of hydrogen-bond acceptors (Lipinski definition) is 3. The summed E-state index contributed by atoms with van der Waals surface area (Å²) in [5, 5.41) is 4.06. The zero-order chi connectivity index (χ0) is 13.5. The molecule has 1 aromatic heterocycles. The van der Waals surface area contributed by atoms with Gasteiger partial charge in [0.15, 0.2) is 0 Å². The van der Waals surface area contributed by atoms with Crippen LogP contribution in [0.5, 0.6) is 0 Å². The first-order valence-electron chi connectivity index (χ1n) is 6.34. The molecule has 1 fully saturated rings. The first kappa shape index (κ1) is 12.3. The second-order valence-corrected chi connectivity index (χ2v) is 4.95. The van der Waals surface area contributed by atoms with Gasteiger partial charge in [-0.2, -0.15) is 5.10 Å². The quantitative estimate of drug-likeness (QED) is 0.784. The molecule has 0 N–H and O–H groups in total. The SMILES string of the molecule is Cn1nccc1C1=NC(=C2CCC(F)(F)CC2)CO1. The number of halogens is 2. The minimum atomic E-state index is -2.52. The molecule has 19 heavy (non-hydrogen) atoms. The molecule has 0 atom stereocenters. The minimum absolute atomic E-state index is 0.0810. The van der Waals surface area contributed by atoms with Crippen LogP contribution in [0.1, 0.15) is 31.4 Å². The lowest BCUT2D eigenvalue weighted by Crippen LogP contribution is -2.21. The van der Waals surface area contributed by atoms with Gasteiger partial charge in [-0.05, 0) is 24.5 Å². The van der Waals surface area contributed by atoms with Crippen molar-refractivity contribution in [2.45, 2.75) is 31.6 Å². The van der Waals surface area contributed by atoms with Crippen LogP contribution in [-0.2, 0) is 11.8 Å².